The first-order valence-corrected chi connectivity index (χ1v) is 12.5. The number of benzene rings is 2. The highest BCUT2D eigenvalue weighted by atomic mass is 32.2. The lowest BCUT2D eigenvalue weighted by Crippen LogP contribution is -2.31. The Hall–Kier alpha value is -3.33. The van der Waals surface area contributed by atoms with Crippen LogP contribution in [0.5, 0.6) is 0 Å². The highest BCUT2D eigenvalue weighted by Crippen LogP contribution is 2.27. The Morgan fingerprint density at radius 3 is 2.38 bits per heavy atom. The van der Waals surface area contributed by atoms with Gasteiger partial charge in [0.25, 0.3) is 12.3 Å². The van der Waals surface area contributed by atoms with Gasteiger partial charge in [0.05, 0.1) is 4.90 Å². The van der Waals surface area contributed by atoms with Crippen LogP contribution in [0.15, 0.2) is 64.4 Å². The third kappa shape index (κ3) is 5.41. The lowest BCUT2D eigenvalue weighted by atomic mass is 9.98. The molecule has 3 aromatic rings. The third-order valence-electron chi connectivity index (χ3n) is 5.50. The van der Waals surface area contributed by atoms with Gasteiger partial charge in [-0.1, -0.05) is 30.3 Å². The average Bonchev–Trinajstić information content (AvgIpc) is 2.77. The van der Waals surface area contributed by atoms with E-state index in [0.717, 1.165) is 6.26 Å². The van der Waals surface area contributed by atoms with Crippen LogP contribution in [0.2, 0.25) is 0 Å². The van der Waals surface area contributed by atoms with E-state index in [1.807, 2.05) is 13.8 Å². The average molecular weight is 489 g/mol. The molecular formula is C25H26F2N2O4S. The van der Waals surface area contributed by atoms with Gasteiger partial charge in [-0.05, 0) is 50.1 Å². The smallest absolute Gasteiger partial charge is 0.263 e. The van der Waals surface area contributed by atoms with Crippen molar-refractivity contribution in [3.63, 3.8) is 0 Å². The SMILES string of the molecule is Cc1c(-c2cccc(C(F)F)c2)c(=O)c(C(=O)NCc2cccc(S(C)(=O)=O)c2)cn1C(C)C. The summed E-state index contributed by atoms with van der Waals surface area (Å²) in [4.78, 5) is 26.5. The number of aromatic nitrogens is 1. The molecule has 1 aromatic heterocycles. The zero-order chi connectivity index (χ0) is 25.2. The van der Waals surface area contributed by atoms with E-state index in [9.17, 15) is 26.8 Å². The normalized spacial score (nSPS) is 11.8. The molecule has 0 bridgehead atoms. The zero-order valence-corrected chi connectivity index (χ0v) is 20.1. The lowest BCUT2D eigenvalue weighted by Gasteiger charge is -2.20. The molecule has 34 heavy (non-hydrogen) atoms. The monoisotopic (exact) mass is 488 g/mol. The first-order valence-electron chi connectivity index (χ1n) is 10.6. The Morgan fingerprint density at radius 1 is 1.09 bits per heavy atom. The Bertz CT molecular complexity index is 1400. The van der Waals surface area contributed by atoms with Crippen molar-refractivity contribution >= 4 is 15.7 Å². The van der Waals surface area contributed by atoms with E-state index in [1.54, 1.807) is 29.7 Å². The van der Waals surface area contributed by atoms with Crippen LogP contribution >= 0.6 is 0 Å². The molecule has 180 valence electrons. The van der Waals surface area contributed by atoms with Crippen molar-refractivity contribution in [2.75, 3.05) is 6.26 Å². The van der Waals surface area contributed by atoms with E-state index in [-0.39, 0.29) is 34.2 Å². The van der Waals surface area contributed by atoms with Crippen LogP contribution in [-0.4, -0.2) is 25.1 Å². The fourth-order valence-electron chi connectivity index (χ4n) is 3.75. The second-order valence-corrected chi connectivity index (χ2v) is 10.4. The Balaban J connectivity index is 2.03. The van der Waals surface area contributed by atoms with E-state index in [1.165, 1.54) is 36.5 Å². The minimum Gasteiger partial charge on any atom is -0.348 e. The highest BCUT2D eigenvalue weighted by molar-refractivity contribution is 7.90. The number of nitrogens with zero attached hydrogens (tertiary/aromatic N) is 1. The summed E-state index contributed by atoms with van der Waals surface area (Å²) in [6.07, 6.45) is -0.136. The maximum atomic E-state index is 13.3. The van der Waals surface area contributed by atoms with Crippen LogP contribution in [0.1, 0.15) is 53.5 Å². The molecule has 0 aliphatic carbocycles. The van der Waals surface area contributed by atoms with Crippen molar-refractivity contribution in [1.29, 1.82) is 0 Å². The van der Waals surface area contributed by atoms with Crippen molar-refractivity contribution in [2.24, 2.45) is 0 Å². The quantitative estimate of drug-likeness (QED) is 0.524. The molecule has 1 amide bonds. The topological polar surface area (TPSA) is 85.2 Å². The summed E-state index contributed by atoms with van der Waals surface area (Å²) in [5.74, 6) is -0.643. The number of pyridine rings is 1. The molecule has 2 aromatic carbocycles. The van der Waals surface area contributed by atoms with Gasteiger partial charge in [0.1, 0.15) is 5.56 Å². The lowest BCUT2D eigenvalue weighted by molar-refractivity contribution is 0.0949. The Kier molecular flexibility index (Phi) is 7.35. The zero-order valence-electron chi connectivity index (χ0n) is 19.3. The standard InChI is InChI=1S/C25H26F2N2O4S/c1-15(2)29-14-21(25(31)28-13-17-7-5-10-20(11-17)34(4,32)33)23(30)22(16(29)3)18-8-6-9-19(12-18)24(26)27/h5-12,14-15,24H,13H2,1-4H3,(H,28,31). The predicted molar refractivity (Wildman–Crippen MR) is 127 cm³/mol. The maximum Gasteiger partial charge on any atom is 0.263 e. The first kappa shape index (κ1) is 25.3. The van der Waals surface area contributed by atoms with Gasteiger partial charge in [0.15, 0.2) is 9.84 Å². The molecular weight excluding hydrogens is 462 g/mol. The number of nitrogens with one attached hydrogen (secondary N) is 1. The van der Waals surface area contributed by atoms with Crippen molar-refractivity contribution in [3.05, 3.63) is 87.3 Å². The number of rotatable bonds is 7. The molecule has 0 unspecified atom stereocenters. The van der Waals surface area contributed by atoms with E-state index < -0.39 is 27.6 Å². The number of hydrogen-bond donors (Lipinski definition) is 1. The second-order valence-electron chi connectivity index (χ2n) is 8.36. The van der Waals surface area contributed by atoms with E-state index >= 15 is 0 Å². The number of halogens is 2. The number of carbonyl (C=O) groups is 1. The van der Waals surface area contributed by atoms with Gasteiger partial charge < -0.3 is 9.88 Å². The Labute approximate surface area is 197 Å². The van der Waals surface area contributed by atoms with Crippen LogP contribution in [0, 0.1) is 6.92 Å². The second kappa shape index (κ2) is 9.89. The summed E-state index contributed by atoms with van der Waals surface area (Å²) in [6, 6.07) is 11.6. The summed E-state index contributed by atoms with van der Waals surface area (Å²) in [5.41, 5.74) is 0.696. The molecule has 0 spiro atoms. The van der Waals surface area contributed by atoms with Gasteiger partial charge in [-0.3, -0.25) is 9.59 Å². The fraction of sp³-hybridized carbons (Fsp3) is 0.280. The van der Waals surface area contributed by atoms with Crippen LogP contribution in [-0.2, 0) is 16.4 Å². The van der Waals surface area contributed by atoms with Gasteiger partial charge in [0, 0.05) is 41.9 Å². The van der Waals surface area contributed by atoms with Gasteiger partial charge in [-0.15, -0.1) is 0 Å². The predicted octanol–water partition coefficient (Wildman–Crippen LogP) is 4.68. The number of sulfone groups is 1. The summed E-state index contributed by atoms with van der Waals surface area (Å²) < 4.78 is 51.8. The number of hydrogen-bond acceptors (Lipinski definition) is 4. The fourth-order valence-corrected chi connectivity index (χ4v) is 4.45. The van der Waals surface area contributed by atoms with Crippen LogP contribution in [0.25, 0.3) is 11.1 Å². The third-order valence-corrected chi connectivity index (χ3v) is 6.61. The van der Waals surface area contributed by atoms with E-state index in [0.29, 0.717) is 16.8 Å². The summed E-state index contributed by atoms with van der Waals surface area (Å²) in [6.45, 7) is 5.49. The largest absolute Gasteiger partial charge is 0.348 e. The Morgan fingerprint density at radius 2 is 1.76 bits per heavy atom. The molecule has 0 atom stereocenters. The van der Waals surface area contributed by atoms with Crippen molar-refractivity contribution < 1.29 is 22.0 Å². The number of carbonyl (C=O) groups excluding carboxylic acids is 1. The van der Waals surface area contributed by atoms with Crippen LogP contribution < -0.4 is 10.7 Å². The molecule has 1 heterocycles. The van der Waals surface area contributed by atoms with Crippen LogP contribution in [0.4, 0.5) is 8.78 Å². The summed E-state index contributed by atoms with van der Waals surface area (Å²) >= 11 is 0. The minimum absolute atomic E-state index is 0.00733. The molecule has 6 nitrogen and oxygen atoms in total. The molecule has 0 aliphatic heterocycles. The molecule has 0 aliphatic rings. The van der Waals surface area contributed by atoms with Gasteiger partial charge in [0.2, 0.25) is 5.43 Å². The van der Waals surface area contributed by atoms with Gasteiger partial charge in [-0.25, -0.2) is 17.2 Å². The molecule has 9 heteroatoms. The van der Waals surface area contributed by atoms with Crippen molar-refractivity contribution in [3.8, 4) is 11.1 Å². The molecule has 0 saturated heterocycles. The van der Waals surface area contributed by atoms with Crippen LogP contribution in [0.3, 0.4) is 0 Å². The van der Waals surface area contributed by atoms with E-state index in [4.69, 9.17) is 0 Å². The summed E-state index contributed by atoms with van der Waals surface area (Å²) in [5, 5.41) is 2.66. The van der Waals surface area contributed by atoms with Crippen molar-refractivity contribution in [2.45, 2.75) is 44.7 Å². The molecule has 3 rings (SSSR count). The minimum atomic E-state index is -3.41. The maximum absolute atomic E-state index is 13.3. The summed E-state index contributed by atoms with van der Waals surface area (Å²) in [7, 11) is -3.41. The first-order chi connectivity index (χ1) is 15.9. The number of alkyl halides is 2. The number of amides is 1. The molecule has 1 N–H and O–H groups in total. The van der Waals surface area contributed by atoms with Gasteiger partial charge >= 0.3 is 0 Å². The van der Waals surface area contributed by atoms with E-state index in [2.05, 4.69) is 5.32 Å². The molecule has 0 saturated carbocycles. The van der Waals surface area contributed by atoms with Crippen molar-refractivity contribution in [1.82, 2.24) is 9.88 Å². The molecule has 0 fully saturated rings. The molecule has 0 radical (unpaired) electrons. The highest BCUT2D eigenvalue weighted by Gasteiger charge is 2.21. The van der Waals surface area contributed by atoms with Gasteiger partial charge in [-0.2, -0.15) is 0 Å².